The van der Waals surface area contributed by atoms with E-state index < -0.39 is 23.4 Å². The number of nitrogens with zero attached hydrogens (tertiary/aromatic N) is 2. The first-order valence-electron chi connectivity index (χ1n) is 10.1. The highest BCUT2D eigenvalue weighted by Gasteiger charge is 2.27. The van der Waals surface area contributed by atoms with Crippen LogP contribution in [-0.4, -0.2) is 28.2 Å². The molecule has 0 spiro atoms. The number of carbonyl (C=O) groups is 2. The lowest BCUT2D eigenvalue weighted by Crippen LogP contribution is -2.40. The van der Waals surface area contributed by atoms with Gasteiger partial charge >= 0.3 is 0 Å². The third kappa shape index (κ3) is 5.14. The van der Waals surface area contributed by atoms with Crippen LogP contribution in [0.4, 0.5) is 0 Å². The Morgan fingerprint density at radius 3 is 2.41 bits per heavy atom. The Labute approximate surface area is 203 Å². The van der Waals surface area contributed by atoms with Gasteiger partial charge in [-0.15, -0.1) is 0 Å². The van der Waals surface area contributed by atoms with E-state index in [4.69, 9.17) is 23.2 Å². The van der Waals surface area contributed by atoms with E-state index in [1.54, 1.807) is 72.8 Å². The van der Waals surface area contributed by atoms with Crippen LogP contribution in [0.2, 0.25) is 10.0 Å². The Morgan fingerprint density at radius 2 is 1.68 bits per heavy atom. The second kappa shape index (κ2) is 10.3. The molecule has 10 heteroatoms. The minimum atomic E-state index is -1.26. The maximum Gasteiger partial charge on any atom is 0.272 e. The number of aromatic amines is 1. The summed E-state index contributed by atoms with van der Waals surface area (Å²) in [5.41, 5.74) is 3.03. The minimum absolute atomic E-state index is 0.164. The zero-order valence-corrected chi connectivity index (χ0v) is 19.0. The van der Waals surface area contributed by atoms with Crippen molar-refractivity contribution in [3.8, 4) is 0 Å². The average molecular weight is 494 g/mol. The maximum absolute atomic E-state index is 13.1. The molecule has 0 bridgehead atoms. The monoisotopic (exact) mass is 493 g/mol. The van der Waals surface area contributed by atoms with Crippen molar-refractivity contribution in [2.45, 2.75) is 6.04 Å². The van der Waals surface area contributed by atoms with Crippen molar-refractivity contribution >= 4 is 52.0 Å². The molecule has 4 aromatic rings. The fourth-order valence-electron chi connectivity index (χ4n) is 3.25. The van der Waals surface area contributed by atoms with Gasteiger partial charge in [0, 0.05) is 21.5 Å². The van der Waals surface area contributed by atoms with Crippen molar-refractivity contribution in [1.82, 2.24) is 20.9 Å². The molecule has 0 aliphatic carbocycles. The van der Waals surface area contributed by atoms with Crippen molar-refractivity contribution in [1.29, 1.82) is 0 Å². The largest absolute Gasteiger partial charge is 0.335 e. The molecule has 8 nitrogen and oxygen atoms in total. The number of aromatic nitrogens is 2. The van der Waals surface area contributed by atoms with Gasteiger partial charge in [-0.3, -0.25) is 14.4 Å². The Hall–Kier alpha value is -4.01. The normalized spacial score (nSPS) is 11.9. The SMILES string of the molecule is O=C(N[C@@H](C(=O)N/N=C\c1ccc(Cl)cc1Cl)c1n[nH]c(=O)c2ccccc12)c1ccccc1. The zero-order valence-electron chi connectivity index (χ0n) is 17.5. The molecule has 0 saturated carbocycles. The van der Waals surface area contributed by atoms with Gasteiger partial charge in [0.1, 0.15) is 5.69 Å². The van der Waals surface area contributed by atoms with Crippen LogP contribution < -0.4 is 16.3 Å². The Balaban J connectivity index is 1.67. The second-order valence-electron chi connectivity index (χ2n) is 7.16. The molecule has 0 unspecified atom stereocenters. The van der Waals surface area contributed by atoms with Gasteiger partial charge in [0.25, 0.3) is 17.4 Å². The highest BCUT2D eigenvalue weighted by atomic mass is 35.5. The van der Waals surface area contributed by atoms with Crippen molar-refractivity contribution in [3.05, 3.63) is 110 Å². The van der Waals surface area contributed by atoms with Crippen LogP contribution >= 0.6 is 23.2 Å². The molecule has 0 aliphatic rings. The van der Waals surface area contributed by atoms with Crippen molar-refractivity contribution in [3.63, 3.8) is 0 Å². The smallest absolute Gasteiger partial charge is 0.272 e. The Kier molecular flexibility index (Phi) is 7.01. The standard InChI is InChI=1S/C24H17Cl2N5O3/c25-16-11-10-15(19(26)12-16)13-27-30-24(34)21(28-22(32)14-6-2-1-3-7-14)20-17-8-4-5-9-18(17)23(33)31-29-20/h1-13,21H,(H,28,32)(H,30,34)(H,31,33)/b27-13-/t21-/m1/s1. The number of hydrogen-bond acceptors (Lipinski definition) is 5. The summed E-state index contributed by atoms with van der Waals surface area (Å²) in [6.07, 6.45) is 1.35. The summed E-state index contributed by atoms with van der Waals surface area (Å²) >= 11 is 12.0. The van der Waals surface area contributed by atoms with Gasteiger partial charge in [-0.2, -0.15) is 10.2 Å². The first kappa shape index (κ1) is 23.2. The molecule has 0 fully saturated rings. The summed E-state index contributed by atoms with van der Waals surface area (Å²) in [5.74, 6) is -1.17. The number of benzene rings is 3. The topological polar surface area (TPSA) is 116 Å². The van der Waals surface area contributed by atoms with Crippen LogP contribution in [0.5, 0.6) is 0 Å². The van der Waals surface area contributed by atoms with E-state index in [0.29, 0.717) is 31.9 Å². The summed E-state index contributed by atoms with van der Waals surface area (Å²) in [7, 11) is 0. The van der Waals surface area contributed by atoms with E-state index in [1.165, 1.54) is 6.21 Å². The Bertz CT molecular complexity index is 1450. The molecule has 1 heterocycles. The predicted molar refractivity (Wildman–Crippen MR) is 131 cm³/mol. The first-order chi connectivity index (χ1) is 16.4. The fourth-order valence-corrected chi connectivity index (χ4v) is 3.71. The predicted octanol–water partition coefficient (Wildman–Crippen LogP) is 3.85. The molecule has 3 aromatic carbocycles. The highest BCUT2D eigenvalue weighted by molar-refractivity contribution is 6.36. The minimum Gasteiger partial charge on any atom is -0.335 e. The van der Waals surface area contributed by atoms with E-state index in [0.717, 1.165) is 0 Å². The molecule has 170 valence electrons. The Morgan fingerprint density at radius 1 is 0.971 bits per heavy atom. The van der Waals surface area contributed by atoms with Gasteiger partial charge in [-0.1, -0.05) is 65.7 Å². The van der Waals surface area contributed by atoms with Gasteiger partial charge in [0.15, 0.2) is 6.04 Å². The number of halogens is 2. The van der Waals surface area contributed by atoms with Crippen LogP contribution in [0.3, 0.4) is 0 Å². The number of H-pyrrole nitrogens is 1. The van der Waals surface area contributed by atoms with Crippen LogP contribution in [0.25, 0.3) is 10.8 Å². The van der Waals surface area contributed by atoms with Crippen molar-refractivity contribution in [2.24, 2.45) is 5.10 Å². The van der Waals surface area contributed by atoms with Crippen LogP contribution in [-0.2, 0) is 4.79 Å². The van der Waals surface area contributed by atoms with Crippen molar-refractivity contribution in [2.75, 3.05) is 0 Å². The summed E-state index contributed by atoms with van der Waals surface area (Å²) < 4.78 is 0. The average Bonchev–Trinajstić information content (AvgIpc) is 2.85. The van der Waals surface area contributed by atoms with Crippen LogP contribution in [0.15, 0.2) is 82.7 Å². The summed E-state index contributed by atoms with van der Waals surface area (Å²) in [4.78, 5) is 38.2. The number of hydrogen-bond donors (Lipinski definition) is 3. The molecule has 4 rings (SSSR count). The molecule has 2 amide bonds. The molecule has 1 aromatic heterocycles. The number of amides is 2. The molecule has 1 atom stereocenters. The lowest BCUT2D eigenvalue weighted by atomic mass is 10.0. The van der Waals surface area contributed by atoms with E-state index in [9.17, 15) is 14.4 Å². The lowest BCUT2D eigenvalue weighted by Gasteiger charge is -2.18. The first-order valence-corrected chi connectivity index (χ1v) is 10.8. The van der Waals surface area contributed by atoms with Crippen molar-refractivity contribution < 1.29 is 9.59 Å². The lowest BCUT2D eigenvalue weighted by molar-refractivity contribution is -0.123. The number of fused-ring (bicyclic) bond motifs is 1. The third-order valence-corrected chi connectivity index (χ3v) is 5.48. The molecule has 0 saturated heterocycles. The van der Waals surface area contributed by atoms with Gasteiger partial charge in [-0.05, 0) is 30.3 Å². The van der Waals surface area contributed by atoms with E-state index >= 15 is 0 Å². The molecule has 3 N–H and O–H groups in total. The van der Waals surface area contributed by atoms with E-state index in [1.807, 2.05) is 0 Å². The third-order valence-electron chi connectivity index (χ3n) is 4.91. The summed E-state index contributed by atoms with van der Waals surface area (Å²) in [5, 5.41) is 14.6. The van der Waals surface area contributed by atoms with Gasteiger partial charge < -0.3 is 5.32 Å². The van der Waals surface area contributed by atoms with E-state index in [2.05, 4.69) is 26.0 Å². The number of hydrazone groups is 1. The summed E-state index contributed by atoms with van der Waals surface area (Å²) in [6.45, 7) is 0. The number of nitrogens with one attached hydrogen (secondary N) is 3. The van der Waals surface area contributed by atoms with Crippen LogP contribution in [0, 0.1) is 0 Å². The van der Waals surface area contributed by atoms with Gasteiger partial charge in [0.05, 0.1) is 16.6 Å². The van der Waals surface area contributed by atoms with E-state index in [-0.39, 0.29) is 5.69 Å². The van der Waals surface area contributed by atoms with Gasteiger partial charge in [0.2, 0.25) is 0 Å². The van der Waals surface area contributed by atoms with Gasteiger partial charge in [-0.25, -0.2) is 10.5 Å². The molecule has 34 heavy (non-hydrogen) atoms. The number of carbonyl (C=O) groups excluding carboxylic acids is 2. The molecular formula is C24H17Cl2N5O3. The molecular weight excluding hydrogens is 477 g/mol. The van der Waals surface area contributed by atoms with Crippen LogP contribution in [0.1, 0.15) is 27.7 Å². The zero-order chi connectivity index (χ0) is 24.1. The fraction of sp³-hybridized carbons (Fsp3) is 0.0417. The summed E-state index contributed by atoms with van der Waals surface area (Å²) in [6, 6.07) is 18.6. The maximum atomic E-state index is 13.1. The highest BCUT2D eigenvalue weighted by Crippen LogP contribution is 2.21. The second-order valence-corrected chi connectivity index (χ2v) is 8.00. The number of rotatable bonds is 6. The quantitative estimate of drug-likeness (QED) is 0.279. The molecule has 0 radical (unpaired) electrons. The molecule has 0 aliphatic heterocycles.